The highest BCUT2D eigenvalue weighted by Crippen LogP contribution is 2.16. The fourth-order valence-electron chi connectivity index (χ4n) is 3.04. The summed E-state index contributed by atoms with van der Waals surface area (Å²) in [6.45, 7) is 6.83. The van der Waals surface area contributed by atoms with Crippen LogP contribution < -0.4 is 5.32 Å². The second kappa shape index (κ2) is 7.80. The Bertz CT molecular complexity index is 379. The molecule has 0 aliphatic carbocycles. The molecule has 1 aliphatic heterocycles. The third-order valence-corrected chi connectivity index (χ3v) is 4.65. The van der Waals surface area contributed by atoms with E-state index in [1.54, 1.807) is 0 Å². The molecule has 1 N–H and O–H groups in total. The Labute approximate surface area is 124 Å². The van der Waals surface area contributed by atoms with Crippen molar-refractivity contribution in [1.29, 1.82) is 0 Å². The quantitative estimate of drug-likeness (QED) is 0.852. The Hall–Kier alpha value is -0.860. The highest BCUT2D eigenvalue weighted by atomic mass is 15.1. The van der Waals surface area contributed by atoms with E-state index in [0.717, 1.165) is 19.0 Å². The zero-order valence-corrected chi connectivity index (χ0v) is 13.4. The molecule has 20 heavy (non-hydrogen) atoms. The largest absolute Gasteiger partial charge is 0.314 e. The number of hydrogen-bond donors (Lipinski definition) is 1. The molecule has 0 bridgehead atoms. The van der Waals surface area contributed by atoms with E-state index in [4.69, 9.17) is 0 Å². The van der Waals surface area contributed by atoms with E-state index < -0.39 is 0 Å². The number of benzene rings is 1. The summed E-state index contributed by atoms with van der Waals surface area (Å²) in [5.41, 5.74) is 2.85. The maximum atomic E-state index is 3.66. The molecule has 1 heterocycles. The van der Waals surface area contributed by atoms with E-state index in [0.29, 0.717) is 6.04 Å². The number of hydrogen-bond acceptors (Lipinski definition) is 2. The molecule has 1 aromatic rings. The molecule has 2 unspecified atom stereocenters. The van der Waals surface area contributed by atoms with Crippen molar-refractivity contribution >= 4 is 0 Å². The number of piperidine rings is 1. The van der Waals surface area contributed by atoms with Gasteiger partial charge in [-0.15, -0.1) is 0 Å². The smallest absolute Gasteiger partial charge is 0.0233 e. The molecule has 1 fully saturated rings. The molecule has 0 amide bonds. The molecule has 0 spiro atoms. The van der Waals surface area contributed by atoms with Crippen molar-refractivity contribution in [2.75, 3.05) is 13.6 Å². The third-order valence-electron chi connectivity index (χ3n) is 4.65. The van der Waals surface area contributed by atoms with Gasteiger partial charge in [-0.1, -0.05) is 37.6 Å². The first-order valence-corrected chi connectivity index (χ1v) is 8.20. The van der Waals surface area contributed by atoms with E-state index in [1.165, 1.54) is 43.4 Å². The zero-order chi connectivity index (χ0) is 14.4. The van der Waals surface area contributed by atoms with Crippen molar-refractivity contribution in [3.8, 4) is 0 Å². The van der Waals surface area contributed by atoms with Crippen molar-refractivity contribution in [1.82, 2.24) is 10.2 Å². The summed E-state index contributed by atoms with van der Waals surface area (Å²) in [4.78, 5) is 2.48. The maximum absolute atomic E-state index is 3.66. The van der Waals surface area contributed by atoms with E-state index in [9.17, 15) is 0 Å². The summed E-state index contributed by atoms with van der Waals surface area (Å²) in [5, 5.41) is 3.66. The van der Waals surface area contributed by atoms with Gasteiger partial charge in [0.2, 0.25) is 0 Å². The Morgan fingerprint density at radius 1 is 1.20 bits per heavy atom. The minimum absolute atomic E-state index is 0.636. The van der Waals surface area contributed by atoms with Crippen LogP contribution in [0.1, 0.15) is 50.7 Å². The SMILES string of the molecule is CCc1ccc(CN(C)C(C)CC2CCCCN2)cc1. The van der Waals surface area contributed by atoms with Crippen LogP contribution in [-0.2, 0) is 13.0 Å². The molecule has 2 rings (SSSR count). The minimum atomic E-state index is 0.636. The summed E-state index contributed by atoms with van der Waals surface area (Å²) >= 11 is 0. The van der Waals surface area contributed by atoms with Gasteiger partial charge in [0.1, 0.15) is 0 Å². The number of aryl methyl sites for hydroxylation is 1. The molecule has 1 aliphatic rings. The normalized spacial score (nSPS) is 21.1. The van der Waals surface area contributed by atoms with Crippen molar-refractivity contribution < 1.29 is 0 Å². The van der Waals surface area contributed by atoms with Crippen LogP contribution in [0.4, 0.5) is 0 Å². The summed E-state index contributed by atoms with van der Waals surface area (Å²) in [7, 11) is 2.25. The molecule has 112 valence electrons. The lowest BCUT2D eigenvalue weighted by Gasteiger charge is -2.31. The lowest BCUT2D eigenvalue weighted by Crippen LogP contribution is -2.40. The monoisotopic (exact) mass is 274 g/mol. The van der Waals surface area contributed by atoms with Gasteiger partial charge < -0.3 is 5.32 Å². The lowest BCUT2D eigenvalue weighted by molar-refractivity contribution is 0.209. The van der Waals surface area contributed by atoms with Crippen LogP contribution in [0.5, 0.6) is 0 Å². The molecule has 0 aromatic heterocycles. The van der Waals surface area contributed by atoms with E-state index in [2.05, 4.69) is 55.4 Å². The Morgan fingerprint density at radius 2 is 1.90 bits per heavy atom. The summed E-state index contributed by atoms with van der Waals surface area (Å²) in [6.07, 6.45) is 6.49. The highest BCUT2D eigenvalue weighted by molar-refractivity contribution is 5.22. The molecule has 1 aromatic carbocycles. The van der Waals surface area contributed by atoms with Gasteiger partial charge in [-0.2, -0.15) is 0 Å². The van der Waals surface area contributed by atoms with Crippen molar-refractivity contribution in [2.45, 2.75) is 64.6 Å². The topological polar surface area (TPSA) is 15.3 Å². The van der Waals surface area contributed by atoms with Gasteiger partial charge in [-0.25, -0.2) is 0 Å². The molecule has 2 atom stereocenters. The number of nitrogens with zero attached hydrogens (tertiary/aromatic N) is 1. The zero-order valence-electron chi connectivity index (χ0n) is 13.4. The summed E-state index contributed by atoms with van der Waals surface area (Å²) in [5.74, 6) is 0. The highest BCUT2D eigenvalue weighted by Gasteiger charge is 2.18. The lowest BCUT2D eigenvalue weighted by atomic mass is 9.98. The van der Waals surface area contributed by atoms with E-state index >= 15 is 0 Å². The van der Waals surface area contributed by atoms with Crippen molar-refractivity contribution in [2.24, 2.45) is 0 Å². The van der Waals surface area contributed by atoms with Crippen molar-refractivity contribution in [3.63, 3.8) is 0 Å². The van der Waals surface area contributed by atoms with Crippen LogP contribution in [0.3, 0.4) is 0 Å². The average Bonchev–Trinajstić information content (AvgIpc) is 2.49. The predicted octanol–water partition coefficient (Wildman–Crippen LogP) is 3.60. The molecule has 0 radical (unpaired) electrons. The molecule has 2 nitrogen and oxygen atoms in total. The van der Waals surface area contributed by atoms with Crippen LogP contribution in [-0.4, -0.2) is 30.6 Å². The third kappa shape index (κ3) is 4.60. The van der Waals surface area contributed by atoms with Gasteiger partial charge in [0.25, 0.3) is 0 Å². The Kier molecular flexibility index (Phi) is 6.06. The van der Waals surface area contributed by atoms with Gasteiger partial charge in [0.15, 0.2) is 0 Å². The molecule has 1 saturated heterocycles. The fraction of sp³-hybridized carbons (Fsp3) is 0.667. The van der Waals surface area contributed by atoms with Crippen LogP contribution in [0.15, 0.2) is 24.3 Å². The predicted molar refractivity (Wildman–Crippen MR) is 87.0 cm³/mol. The number of rotatable bonds is 6. The van der Waals surface area contributed by atoms with Crippen LogP contribution in [0.2, 0.25) is 0 Å². The van der Waals surface area contributed by atoms with E-state index in [-0.39, 0.29) is 0 Å². The van der Waals surface area contributed by atoms with E-state index in [1.807, 2.05) is 0 Å². The van der Waals surface area contributed by atoms with Gasteiger partial charge in [0.05, 0.1) is 0 Å². The average molecular weight is 274 g/mol. The first kappa shape index (κ1) is 15.5. The molecule has 2 heteroatoms. The van der Waals surface area contributed by atoms with Crippen LogP contribution in [0, 0.1) is 0 Å². The van der Waals surface area contributed by atoms with Gasteiger partial charge in [-0.3, -0.25) is 4.90 Å². The second-order valence-corrected chi connectivity index (χ2v) is 6.32. The maximum Gasteiger partial charge on any atom is 0.0233 e. The van der Waals surface area contributed by atoms with Gasteiger partial charge in [0, 0.05) is 18.6 Å². The van der Waals surface area contributed by atoms with Crippen LogP contribution in [0.25, 0.3) is 0 Å². The van der Waals surface area contributed by atoms with Crippen molar-refractivity contribution in [3.05, 3.63) is 35.4 Å². The first-order valence-electron chi connectivity index (χ1n) is 8.20. The summed E-state index contributed by atoms with van der Waals surface area (Å²) < 4.78 is 0. The molecular formula is C18H30N2. The van der Waals surface area contributed by atoms with Crippen LogP contribution >= 0.6 is 0 Å². The minimum Gasteiger partial charge on any atom is -0.314 e. The molecule has 0 saturated carbocycles. The van der Waals surface area contributed by atoms with Gasteiger partial charge >= 0.3 is 0 Å². The second-order valence-electron chi connectivity index (χ2n) is 6.32. The number of nitrogens with one attached hydrogen (secondary N) is 1. The fourth-order valence-corrected chi connectivity index (χ4v) is 3.04. The standard InChI is InChI=1S/C18H30N2/c1-4-16-8-10-17(11-9-16)14-20(3)15(2)13-18-7-5-6-12-19-18/h8-11,15,18-19H,4-7,12-14H2,1-3H3. The summed E-state index contributed by atoms with van der Waals surface area (Å²) in [6, 6.07) is 10.4. The Morgan fingerprint density at radius 3 is 2.50 bits per heavy atom. The molecular weight excluding hydrogens is 244 g/mol. The first-order chi connectivity index (χ1) is 9.69. The van der Waals surface area contributed by atoms with Gasteiger partial charge in [-0.05, 0) is 57.3 Å². The Balaban J connectivity index is 1.81.